The number of carbonyl (C=O) groups is 1. The summed E-state index contributed by atoms with van der Waals surface area (Å²) in [5, 5.41) is 4.24. The summed E-state index contributed by atoms with van der Waals surface area (Å²) in [5.41, 5.74) is 6.68. The molecule has 142 valence electrons. The van der Waals surface area contributed by atoms with Crippen LogP contribution in [-0.4, -0.2) is 20.9 Å². The van der Waals surface area contributed by atoms with Crippen molar-refractivity contribution >= 4 is 27.8 Å². The van der Waals surface area contributed by atoms with E-state index in [0.29, 0.717) is 5.56 Å². The van der Waals surface area contributed by atoms with Crippen LogP contribution in [0.3, 0.4) is 0 Å². The van der Waals surface area contributed by atoms with Gasteiger partial charge in [0.05, 0.1) is 17.1 Å². The maximum Gasteiger partial charge on any atom is 0.323 e. The van der Waals surface area contributed by atoms with Crippen LogP contribution < -0.4 is 11.0 Å². The Morgan fingerprint density at radius 3 is 2.64 bits per heavy atom. The van der Waals surface area contributed by atoms with Crippen LogP contribution in [0.25, 0.3) is 21.9 Å². The zero-order chi connectivity index (χ0) is 19.3. The highest BCUT2D eigenvalue weighted by Gasteiger charge is 2.18. The number of carbonyl (C=O) groups excluding carboxylic acids is 1. The molecule has 1 aliphatic rings. The summed E-state index contributed by atoms with van der Waals surface area (Å²) in [7, 11) is 0. The van der Waals surface area contributed by atoms with Gasteiger partial charge >= 0.3 is 5.69 Å². The van der Waals surface area contributed by atoms with E-state index in [1.54, 1.807) is 0 Å². The molecule has 1 amide bonds. The molecule has 0 aliphatic heterocycles. The Kier molecular flexibility index (Phi) is 3.86. The maximum absolute atomic E-state index is 12.8. The number of amides is 1. The summed E-state index contributed by atoms with van der Waals surface area (Å²) < 4.78 is 0. The molecule has 0 fully saturated rings. The number of fused-ring (bicyclic) bond motifs is 4. The monoisotopic (exact) mass is 374 g/mol. The average Bonchev–Trinajstić information content (AvgIpc) is 3.25. The number of hydrogen-bond acceptors (Lipinski definition) is 2. The number of aryl methyl sites for hydroxylation is 2. The molecule has 2 heterocycles. The van der Waals surface area contributed by atoms with Crippen LogP contribution in [0.2, 0.25) is 0 Å². The van der Waals surface area contributed by atoms with Crippen molar-refractivity contribution in [2.45, 2.75) is 38.6 Å². The van der Waals surface area contributed by atoms with Crippen LogP contribution in [0.1, 0.15) is 53.0 Å². The van der Waals surface area contributed by atoms with Crippen molar-refractivity contribution in [1.29, 1.82) is 0 Å². The van der Waals surface area contributed by atoms with Crippen LogP contribution in [0.5, 0.6) is 0 Å². The lowest BCUT2D eigenvalue weighted by Crippen LogP contribution is -2.26. The number of imidazole rings is 1. The molecule has 4 aromatic rings. The van der Waals surface area contributed by atoms with Gasteiger partial charge in [0.1, 0.15) is 0 Å². The molecule has 28 heavy (non-hydrogen) atoms. The normalized spacial score (nSPS) is 14.9. The fourth-order valence-electron chi connectivity index (χ4n) is 4.23. The second-order valence-corrected chi connectivity index (χ2v) is 7.63. The first kappa shape index (κ1) is 16.9. The van der Waals surface area contributed by atoms with Gasteiger partial charge in [-0.1, -0.05) is 6.07 Å². The second kappa shape index (κ2) is 6.41. The minimum atomic E-state index is -0.230. The Hall–Kier alpha value is -3.28. The first-order valence-electron chi connectivity index (χ1n) is 9.75. The summed E-state index contributed by atoms with van der Waals surface area (Å²) in [6.45, 7) is 1.94. The summed E-state index contributed by atoms with van der Waals surface area (Å²) in [5.74, 6) is -0.0946. The number of nitrogens with one attached hydrogen (secondary N) is 4. The average molecular weight is 374 g/mol. The summed E-state index contributed by atoms with van der Waals surface area (Å²) in [4.78, 5) is 33.3. The lowest BCUT2D eigenvalue weighted by atomic mass is 9.95. The molecular weight excluding hydrogens is 352 g/mol. The van der Waals surface area contributed by atoms with Gasteiger partial charge in [0, 0.05) is 22.2 Å². The van der Waals surface area contributed by atoms with Crippen molar-refractivity contribution in [2.24, 2.45) is 0 Å². The molecule has 0 bridgehead atoms. The third-order valence-electron chi connectivity index (χ3n) is 5.75. The molecule has 4 N–H and O–H groups in total. The Morgan fingerprint density at radius 1 is 0.964 bits per heavy atom. The van der Waals surface area contributed by atoms with E-state index in [0.717, 1.165) is 35.0 Å². The zero-order valence-electron chi connectivity index (χ0n) is 15.7. The largest absolute Gasteiger partial charge is 0.358 e. The molecule has 1 aliphatic carbocycles. The predicted octanol–water partition coefficient (Wildman–Crippen LogP) is 3.71. The van der Waals surface area contributed by atoms with E-state index < -0.39 is 0 Å². The quantitative estimate of drug-likeness (QED) is 0.440. The smallest absolute Gasteiger partial charge is 0.323 e. The Bertz CT molecular complexity index is 1260. The van der Waals surface area contributed by atoms with E-state index in [1.807, 2.05) is 43.3 Å². The van der Waals surface area contributed by atoms with Crippen molar-refractivity contribution in [3.8, 4) is 0 Å². The maximum atomic E-state index is 12.8. The lowest BCUT2D eigenvalue weighted by Gasteiger charge is -2.15. The van der Waals surface area contributed by atoms with Crippen molar-refractivity contribution in [2.75, 3.05) is 0 Å². The fraction of sp³-hybridized carbons (Fsp3) is 0.273. The number of benzene rings is 2. The molecule has 6 heteroatoms. The molecule has 0 radical (unpaired) electrons. The van der Waals surface area contributed by atoms with Crippen LogP contribution in [0.15, 0.2) is 41.2 Å². The Morgan fingerprint density at radius 2 is 1.75 bits per heavy atom. The topological polar surface area (TPSA) is 93.5 Å². The first-order valence-corrected chi connectivity index (χ1v) is 9.75. The van der Waals surface area contributed by atoms with Gasteiger partial charge in [-0.2, -0.15) is 0 Å². The van der Waals surface area contributed by atoms with Crippen molar-refractivity contribution in [3.63, 3.8) is 0 Å². The molecule has 1 unspecified atom stereocenters. The van der Waals surface area contributed by atoms with E-state index in [9.17, 15) is 9.59 Å². The molecule has 5 rings (SSSR count). The fourth-order valence-corrected chi connectivity index (χ4v) is 4.23. The van der Waals surface area contributed by atoms with E-state index >= 15 is 0 Å². The molecule has 0 saturated carbocycles. The molecular formula is C22H22N4O2. The number of hydrogen-bond donors (Lipinski definition) is 4. The summed E-state index contributed by atoms with van der Waals surface area (Å²) >= 11 is 0. The standard InChI is InChI=1S/C22H22N4O2/c1-12(13-6-9-19-20(11-13)26-22(28)25-19)23-21(27)14-7-8-18-16(10-14)15-4-2-3-5-17(15)24-18/h6-12,24H,2-5H2,1H3,(H,23,27)(H2,25,26,28). The van der Waals surface area contributed by atoms with E-state index in [2.05, 4.69) is 20.3 Å². The van der Waals surface area contributed by atoms with Gasteiger partial charge in [0.2, 0.25) is 0 Å². The number of aromatic nitrogens is 3. The number of aromatic amines is 3. The van der Waals surface area contributed by atoms with Gasteiger partial charge in [0.15, 0.2) is 0 Å². The third-order valence-corrected chi connectivity index (χ3v) is 5.75. The summed E-state index contributed by atoms with van der Waals surface area (Å²) in [6.07, 6.45) is 4.59. The number of H-pyrrole nitrogens is 3. The first-order chi connectivity index (χ1) is 13.6. The molecule has 6 nitrogen and oxygen atoms in total. The minimum Gasteiger partial charge on any atom is -0.358 e. The van der Waals surface area contributed by atoms with Gasteiger partial charge in [-0.15, -0.1) is 0 Å². The molecule has 1 atom stereocenters. The molecule has 2 aromatic heterocycles. The van der Waals surface area contributed by atoms with Crippen LogP contribution in [0.4, 0.5) is 0 Å². The van der Waals surface area contributed by atoms with E-state index in [4.69, 9.17) is 0 Å². The van der Waals surface area contributed by atoms with E-state index in [1.165, 1.54) is 29.5 Å². The van der Waals surface area contributed by atoms with Crippen LogP contribution >= 0.6 is 0 Å². The van der Waals surface area contributed by atoms with Crippen LogP contribution in [-0.2, 0) is 12.8 Å². The highest BCUT2D eigenvalue weighted by Crippen LogP contribution is 2.30. The zero-order valence-corrected chi connectivity index (χ0v) is 15.7. The third kappa shape index (κ3) is 2.81. The van der Waals surface area contributed by atoms with Crippen molar-refractivity contribution in [3.05, 3.63) is 69.3 Å². The highest BCUT2D eigenvalue weighted by atomic mass is 16.2. The van der Waals surface area contributed by atoms with Gasteiger partial charge in [0.25, 0.3) is 5.91 Å². The molecule has 0 spiro atoms. The number of rotatable bonds is 3. The highest BCUT2D eigenvalue weighted by molar-refractivity contribution is 5.99. The van der Waals surface area contributed by atoms with Crippen LogP contribution in [0, 0.1) is 0 Å². The van der Waals surface area contributed by atoms with Crippen molar-refractivity contribution in [1.82, 2.24) is 20.3 Å². The second-order valence-electron chi connectivity index (χ2n) is 7.63. The Balaban J connectivity index is 1.41. The lowest BCUT2D eigenvalue weighted by molar-refractivity contribution is 0.0940. The van der Waals surface area contributed by atoms with Gasteiger partial charge in [-0.05, 0) is 74.1 Å². The van der Waals surface area contributed by atoms with Crippen molar-refractivity contribution < 1.29 is 4.79 Å². The summed E-state index contributed by atoms with van der Waals surface area (Å²) in [6, 6.07) is 11.4. The minimum absolute atomic E-state index is 0.0946. The SMILES string of the molecule is CC(NC(=O)c1ccc2[nH]c3c(c2c1)CCCC3)c1ccc2[nH]c(=O)[nH]c2c1. The Labute approximate surface area is 161 Å². The predicted molar refractivity (Wildman–Crippen MR) is 110 cm³/mol. The van der Waals surface area contributed by atoms with Gasteiger partial charge in [-0.3, -0.25) is 4.79 Å². The molecule has 2 aromatic carbocycles. The van der Waals surface area contributed by atoms with E-state index in [-0.39, 0.29) is 17.6 Å². The molecule has 0 saturated heterocycles. The van der Waals surface area contributed by atoms with Gasteiger partial charge < -0.3 is 20.3 Å². The van der Waals surface area contributed by atoms with Gasteiger partial charge in [-0.25, -0.2) is 4.79 Å².